The van der Waals surface area contributed by atoms with Crippen LogP contribution in [0, 0.1) is 5.82 Å². The number of nitrogens with one attached hydrogen (secondary N) is 6. The molecular formula is C76H97FN10O14. The quantitative estimate of drug-likeness (QED) is 0.0579. The van der Waals surface area contributed by atoms with E-state index in [0.717, 1.165) is 17.5 Å². The third kappa shape index (κ3) is 20.6. The van der Waals surface area contributed by atoms with Crippen molar-refractivity contribution in [2.24, 2.45) is 0 Å². The van der Waals surface area contributed by atoms with Crippen molar-refractivity contribution < 1.29 is 71.7 Å². The van der Waals surface area contributed by atoms with Gasteiger partial charge in [-0.15, -0.1) is 0 Å². The highest BCUT2D eigenvalue weighted by molar-refractivity contribution is 5.99. The van der Waals surface area contributed by atoms with Crippen LogP contribution in [0.3, 0.4) is 0 Å². The highest BCUT2D eigenvalue weighted by Crippen LogP contribution is 2.32. The van der Waals surface area contributed by atoms with Crippen LogP contribution in [0.15, 0.2) is 109 Å². The predicted molar refractivity (Wildman–Crippen MR) is 375 cm³/mol. The summed E-state index contributed by atoms with van der Waals surface area (Å²) in [6.45, 7) is 10.1. The van der Waals surface area contributed by atoms with Gasteiger partial charge in [-0.05, 0) is 157 Å². The normalized spacial score (nSPS) is 23.2. The van der Waals surface area contributed by atoms with E-state index < -0.39 is 113 Å². The maximum Gasteiger partial charge on any atom is 0.408 e. The number of aromatic nitrogens is 1. The monoisotopic (exact) mass is 1390 g/mol. The van der Waals surface area contributed by atoms with Crippen LogP contribution in [0.4, 0.5) is 9.18 Å². The van der Waals surface area contributed by atoms with Crippen molar-refractivity contribution in [3.05, 3.63) is 149 Å². The van der Waals surface area contributed by atoms with Gasteiger partial charge in [0.1, 0.15) is 65.3 Å². The van der Waals surface area contributed by atoms with Crippen molar-refractivity contribution in [2.75, 3.05) is 39.9 Å². The number of rotatable bonds is 11. The van der Waals surface area contributed by atoms with Crippen LogP contribution >= 0.6 is 0 Å². The molecule has 0 radical (unpaired) electrons. The fourth-order valence-corrected chi connectivity index (χ4v) is 13.6. The number of nitrogens with zero attached hydrogens (tertiary/aromatic N) is 4. The molecule has 10 rings (SSSR count). The Balaban J connectivity index is 1.10. The number of aliphatic hydroxyl groups excluding tert-OH is 1. The van der Waals surface area contributed by atoms with E-state index in [9.17, 15) is 29.1 Å². The van der Waals surface area contributed by atoms with E-state index in [1.54, 1.807) is 95.4 Å². The topological polar surface area (TPSA) is 305 Å². The Kier molecular flexibility index (Phi) is 26.0. The number of hydrogen-bond acceptors (Lipinski definition) is 14. The van der Waals surface area contributed by atoms with E-state index in [4.69, 9.17) is 14.2 Å². The van der Waals surface area contributed by atoms with Gasteiger partial charge >= 0.3 is 6.09 Å². The largest absolute Gasteiger partial charge is 0.497 e. The SMILES string of the molecule is COc1ccc(C[C@@H]2NC(=O)[C@H]([C@@H](C)O)NC(=O)[C@@H]3[C@@H]4CCN3C(=O)[C@H](Cc3cn(c5ccc(F)cc35)CC=CCCCN(C(=O)CCCCCC(C)=O)Cc3ccc(cc3)CCNC(=O)[C@]3(C)CCCN3C2=O)NC(=O)[C@@H](NC(=O)OC(C)(C)C)Cc2cccc(c2)CNC(=O)CO4)cc1. The molecule has 0 unspecified atom stereocenters. The molecule has 2 saturated heterocycles. The molecule has 101 heavy (non-hydrogen) atoms. The van der Waals surface area contributed by atoms with Gasteiger partial charge in [0.15, 0.2) is 0 Å². The number of benzene rings is 4. The van der Waals surface area contributed by atoms with E-state index in [1.165, 1.54) is 36.0 Å². The number of fused-ring (bicyclic) bond motifs is 20. The first-order valence-corrected chi connectivity index (χ1v) is 35.1. The Morgan fingerprint density at radius 2 is 1.53 bits per heavy atom. The molecule has 5 aliphatic heterocycles. The molecule has 2 fully saturated rings. The number of unbranched alkanes of at least 4 members (excludes halogenated alkanes) is 2. The third-order valence-electron chi connectivity index (χ3n) is 19.0. The summed E-state index contributed by atoms with van der Waals surface area (Å²) in [6.07, 6.45) is 6.51. The van der Waals surface area contributed by atoms with Crippen molar-refractivity contribution in [3.8, 4) is 5.75 Å². The summed E-state index contributed by atoms with van der Waals surface area (Å²) in [5.41, 5.74) is 2.25. The summed E-state index contributed by atoms with van der Waals surface area (Å²) < 4.78 is 34.8. The molecule has 9 amide bonds. The zero-order valence-corrected chi connectivity index (χ0v) is 58.9. The second-order valence-corrected chi connectivity index (χ2v) is 28.1. The predicted octanol–water partition coefficient (Wildman–Crippen LogP) is 6.12. The number of Topliss-reactive ketones (excluding diaryl/α,β-unsaturated/α-hetero) is 1. The lowest BCUT2D eigenvalue weighted by Crippen LogP contribution is -2.64. The summed E-state index contributed by atoms with van der Waals surface area (Å²) in [5, 5.41) is 28.9. The number of carbonyl (C=O) groups excluding carboxylic acids is 10. The van der Waals surface area contributed by atoms with Gasteiger partial charge in [-0.25, -0.2) is 9.18 Å². The van der Waals surface area contributed by atoms with Crippen LogP contribution in [0.25, 0.3) is 10.9 Å². The molecule has 10 bridgehead atoms. The Morgan fingerprint density at radius 3 is 2.27 bits per heavy atom. The van der Waals surface area contributed by atoms with Crippen molar-refractivity contribution >= 4 is 70.0 Å². The molecule has 5 aromatic rings. The minimum atomic E-state index is -1.81. The number of allylic oxidation sites excluding steroid dienone is 2. The zero-order chi connectivity index (χ0) is 72.5. The summed E-state index contributed by atoms with van der Waals surface area (Å²) in [7, 11) is 1.50. The fourth-order valence-electron chi connectivity index (χ4n) is 13.6. The lowest BCUT2D eigenvalue weighted by Gasteiger charge is -2.37. The first-order valence-electron chi connectivity index (χ1n) is 35.1. The molecule has 4 aromatic carbocycles. The molecule has 7 N–H and O–H groups in total. The number of ether oxygens (including phenoxy) is 3. The Bertz CT molecular complexity index is 3830. The van der Waals surface area contributed by atoms with E-state index in [2.05, 4.69) is 31.9 Å². The van der Waals surface area contributed by atoms with Crippen LogP contribution in [-0.4, -0.2) is 177 Å². The molecular weight excluding hydrogens is 1300 g/mol. The van der Waals surface area contributed by atoms with Gasteiger partial charge in [0.2, 0.25) is 47.3 Å². The molecule has 6 heterocycles. The van der Waals surface area contributed by atoms with Crippen molar-refractivity contribution in [3.63, 3.8) is 0 Å². The lowest BCUT2D eigenvalue weighted by atomic mass is 9.95. The summed E-state index contributed by atoms with van der Waals surface area (Å²) in [6, 6.07) is 18.0. The minimum absolute atomic E-state index is 0.0111. The van der Waals surface area contributed by atoms with Gasteiger partial charge in [0.25, 0.3) is 0 Å². The summed E-state index contributed by atoms with van der Waals surface area (Å²) in [5.74, 6) is -5.25. The zero-order valence-electron chi connectivity index (χ0n) is 58.9. The smallest absolute Gasteiger partial charge is 0.408 e. The van der Waals surface area contributed by atoms with Gasteiger partial charge in [-0.3, -0.25) is 38.4 Å². The van der Waals surface area contributed by atoms with Gasteiger partial charge < -0.3 is 75.3 Å². The van der Waals surface area contributed by atoms with E-state index >= 15 is 28.4 Å². The van der Waals surface area contributed by atoms with E-state index in [0.29, 0.717) is 110 Å². The molecule has 0 saturated carbocycles. The summed E-state index contributed by atoms with van der Waals surface area (Å²) >= 11 is 0. The molecule has 8 atom stereocenters. The van der Waals surface area contributed by atoms with Gasteiger partial charge in [-0.2, -0.15) is 0 Å². The van der Waals surface area contributed by atoms with Gasteiger partial charge in [-0.1, -0.05) is 79.2 Å². The first-order chi connectivity index (χ1) is 48.2. The molecule has 25 heteroatoms. The number of methoxy groups -OCH3 is 1. The second kappa shape index (κ2) is 34.7. The lowest BCUT2D eigenvalue weighted by molar-refractivity contribution is -0.148. The van der Waals surface area contributed by atoms with Crippen molar-refractivity contribution in [2.45, 2.75) is 205 Å². The van der Waals surface area contributed by atoms with Crippen molar-refractivity contribution in [1.82, 2.24) is 51.2 Å². The van der Waals surface area contributed by atoms with Crippen molar-refractivity contribution in [1.29, 1.82) is 0 Å². The molecule has 542 valence electrons. The Hall–Kier alpha value is -9.49. The Labute approximate surface area is 589 Å². The number of halogens is 1. The maximum absolute atomic E-state index is 15.9. The second-order valence-electron chi connectivity index (χ2n) is 28.1. The number of carbonyl (C=O) groups is 10. The average Bonchev–Trinajstić information content (AvgIpc) is 1.66. The van der Waals surface area contributed by atoms with Gasteiger partial charge in [0.05, 0.1) is 19.3 Å². The van der Waals surface area contributed by atoms with Crippen LogP contribution in [0.1, 0.15) is 139 Å². The first kappa shape index (κ1) is 75.7. The third-order valence-corrected chi connectivity index (χ3v) is 19.0. The summed E-state index contributed by atoms with van der Waals surface area (Å²) in [4.78, 5) is 149. The number of amides is 9. The van der Waals surface area contributed by atoms with Crippen LogP contribution in [0.5, 0.6) is 5.75 Å². The highest BCUT2D eigenvalue weighted by atomic mass is 19.1. The average molecular weight is 1390 g/mol. The fraction of sp³-hybridized carbons (Fsp3) is 0.500. The standard InChI is InChI=1S/C76H97FN10O14/c1-48(88)17-11-10-12-20-65(91)85-36-14-9-8-13-35-84-46-55(58-43-56(77)27-30-62(58)84)42-61-71(95)86-38-32-63(100-47-64(90)79-44-54-19-15-18-53(39-54)41-59(68(92)80-61)82-74(98)101-75(3,4)5)67(86)70(94)83-66(49(2)89)69(93)81-60(40-51-25-28-57(99-7)29-26-51)72(96)87-37-16-33-76(87,6)73(97)78-34-31-50-21-23-52(45-85)24-22-50/h8,13,15,18-19,21-30,39,43,46,49,59-61,63,66-67,89H,9-12,14,16-17,20,31-38,40-42,44-45,47H2,1-7H3,(H,78,97)(H,79,90)(H,80,92)(H,81,93)(H,82,98)(H,83,94)/t49-,59+,60+,61+,63+,66+,67+,76+/m1/s1. The molecule has 0 aliphatic carbocycles. The van der Waals surface area contributed by atoms with E-state index in [1.807, 2.05) is 45.9 Å². The molecule has 5 aliphatic rings. The van der Waals surface area contributed by atoms with Crippen LogP contribution < -0.4 is 36.6 Å². The van der Waals surface area contributed by atoms with Gasteiger partial charge in [0, 0.05) is 95.0 Å². The highest BCUT2D eigenvalue weighted by Gasteiger charge is 2.49. The number of alkyl carbamates (subject to hydrolysis) is 1. The maximum atomic E-state index is 15.9. The van der Waals surface area contributed by atoms with E-state index in [-0.39, 0.29) is 70.1 Å². The molecule has 24 nitrogen and oxygen atoms in total. The molecule has 1 aromatic heterocycles. The number of aliphatic hydroxyl groups is 1. The minimum Gasteiger partial charge on any atom is -0.497 e. The molecule has 0 spiro atoms. The number of hydrogen-bond donors (Lipinski definition) is 7. The van der Waals surface area contributed by atoms with Crippen LogP contribution in [-0.2, 0) is 97.9 Å². The Morgan fingerprint density at radius 1 is 0.792 bits per heavy atom. The number of ketones is 1. The van der Waals surface area contributed by atoms with Crippen LogP contribution in [0.2, 0.25) is 0 Å².